The highest BCUT2D eigenvalue weighted by molar-refractivity contribution is 7.80. The van der Waals surface area contributed by atoms with E-state index in [1.807, 2.05) is 19.1 Å². The highest BCUT2D eigenvalue weighted by Gasteiger charge is 2.22. The molecule has 150 valence electrons. The number of benzene rings is 2. The van der Waals surface area contributed by atoms with Gasteiger partial charge in [0.25, 0.3) is 0 Å². The Bertz CT molecular complexity index is 1030. The monoisotopic (exact) mass is 408 g/mol. The molecule has 1 fully saturated rings. The van der Waals surface area contributed by atoms with Gasteiger partial charge < -0.3 is 15.5 Å². The quantitative estimate of drug-likeness (QED) is 0.601. The molecule has 2 N–H and O–H groups in total. The number of nitrogens with one attached hydrogen (secondary N) is 2. The van der Waals surface area contributed by atoms with Crippen LogP contribution in [0.3, 0.4) is 0 Å². The fourth-order valence-corrected chi connectivity index (χ4v) is 4.11. The number of nitrogens with zero attached hydrogens (tertiary/aromatic N) is 2. The van der Waals surface area contributed by atoms with Crippen molar-refractivity contribution in [1.82, 2.24) is 10.3 Å². The van der Waals surface area contributed by atoms with Crippen molar-refractivity contribution >= 4 is 39.6 Å². The Morgan fingerprint density at radius 3 is 2.52 bits per heavy atom. The van der Waals surface area contributed by atoms with E-state index < -0.39 is 0 Å². The summed E-state index contributed by atoms with van der Waals surface area (Å²) in [7, 11) is 0. The first kappa shape index (κ1) is 19.6. The minimum Gasteiger partial charge on any atom is -0.371 e. The minimum atomic E-state index is -0.228. The van der Waals surface area contributed by atoms with Crippen LogP contribution in [-0.4, -0.2) is 29.2 Å². The standard InChI is InChI=1S/C23H25FN4S/c1-15-3-6-18(7-4-15)26-23(29)27-19-9-11-28(12-10-19)22-13-16(2)25-21-8-5-17(24)14-20(21)22/h3-8,13-14,19H,9-12H2,1-2H3,(H2,26,27,29). The van der Waals surface area contributed by atoms with Gasteiger partial charge in [0.15, 0.2) is 5.11 Å². The number of aromatic nitrogens is 1. The maximum atomic E-state index is 13.8. The number of rotatable bonds is 3. The second-order valence-electron chi connectivity index (χ2n) is 7.67. The molecule has 1 aliphatic rings. The lowest BCUT2D eigenvalue weighted by Gasteiger charge is -2.35. The van der Waals surface area contributed by atoms with Crippen LogP contribution in [0.15, 0.2) is 48.5 Å². The molecule has 0 radical (unpaired) electrons. The average Bonchev–Trinajstić information content (AvgIpc) is 2.70. The van der Waals surface area contributed by atoms with Crippen LogP contribution in [0.5, 0.6) is 0 Å². The van der Waals surface area contributed by atoms with Crippen LogP contribution in [0.4, 0.5) is 15.8 Å². The number of hydrogen-bond acceptors (Lipinski definition) is 3. The Morgan fingerprint density at radius 2 is 1.79 bits per heavy atom. The fourth-order valence-electron chi connectivity index (χ4n) is 3.82. The predicted octanol–water partition coefficient (Wildman–Crippen LogP) is 4.95. The maximum Gasteiger partial charge on any atom is 0.170 e. The Morgan fingerprint density at radius 1 is 1.07 bits per heavy atom. The molecular formula is C23H25FN4S. The molecule has 0 spiro atoms. The summed E-state index contributed by atoms with van der Waals surface area (Å²) in [5.41, 5.74) is 5.06. The molecule has 29 heavy (non-hydrogen) atoms. The van der Waals surface area contributed by atoms with Gasteiger partial charge >= 0.3 is 0 Å². The van der Waals surface area contributed by atoms with E-state index in [0.717, 1.165) is 53.9 Å². The van der Waals surface area contributed by atoms with Gasteiger partial charge in [-0.1, -0.05) is 17.7 Å². The summed E-state index contributed by atoms with van der Waals surface area (Å²) in [6.07, 6.45) is 1.93. The van der Waals surface area contributed by atoms with Crippen molar-refractivity contribution in [2.75, 3.05) is 23.3 Å². The Hall–Kier alpha value is -2.73. The molecule has 1 aliphatic heterocycles. The van der Waals surface area contributed by atoms with Crippen LogP contribution in [0, 0.1) is 19.7 Å². The van der Waals surface area contributed by atoms with Gasteiger partial charge in [-0.15, -0.1) is 0 Å². The normalized spacial score (nSPS) is 14.8. The minimum absolute atomic E-state index is 0.228. The van der Waals surface area contributed by atoms with Crippen molar-refractivity contribution in [2.45, 2.75) is 32.7 Å². The number of thiocarbonyl (C=S) groups is 1. The molecule has 4 nitrogen and oxygen atoms in total. The number of anilines is 2. The zero-order valence-electron chi connectivity index (χ0n) is 16.7. The Balaban J connectivity index is 1.39. The average molecular weight is 409 g/mol. The van der Waals surface area contributed by atoms with E-state index in [1.165, 1.54) is 11.6 Å². The van der Waals surface area contributed by atoms with Crippen molar-refractivity contribution in [1.29, 1.82) is 0 Å². The first-order chi connectivity index (χ1) is 14.0. The Labute approximate surface area is 176 Å². The molecular weight excluding hydrogens is 383 g/mol. The lowest BCUT2D eigenvalue weighted by molar-refractivity contribution is 0.468. The highest BCUT2D eigenvalue weighted by Crippen LogP contribution is 2.29. The van der Waals surface area contributed by atoms with Gasteiger partial charge in [0.1, 0.15) is 5.82 Å². The summed E-state index contributed by atoms with van der Waals surface area (Å²) in [4.78, 5) is 6.87. The van der Waals surface area contributed by atoms with Gasteiger partial charge in [-0.2, -0.15) is 0 Å². The number of aryl methyl sites for hydroxylation is 2. The van der Waals surface area contributed by atoms with Gasteiger partial charge in [0.2, 0.25) is 0 Å². The van der Waals surface area contributed by atoms with E-state index in [0.29, 0.717) is 11.2 Å². The predicted molar refractivity (Wildman–Crippen MR) is 122 cm³/mol. The molecule has 0 aliphatic carbocycles. The van der Waals surface area contributed by atoms with E-state index in [2.05, 4.69) is 45.6 Å². The second kappa shape index (κ2) is 8.33. The molecule has 0 saturated carbocycles. The van der Waals surface area contributed by atoms with Crippen LogP contribution < -0.4 is 15.5 Å². The lowest BCUT2D eigenvalue weighted by Crippen LogP contribution is -2.46. The topological polar surface area (TPSA) is 40.2 Å². The number of fused-ring (bicyclic) bond motifs is 1. The van der Waals surface area contributed by atoms with E-state index in [4.69, 9.17) is 12.2 Å². The van der Waals surface area contributed by atoms with E-state index in [-0.39, 0.29) is 5.82 Å². The second-order valence-corrected chi connectivity index (χ2v) is 8.08. The van der Waals surface area contributed by atoms with E-state index in [9.17, 15) is 4.39 Å². The van der Waals surface area contributed by atoms with Crippen LogP contribution in [0.2, 0.25) is 0 Å². The molecule has 1 aromatic heterocycles. The SMILES string of the molecule is Cc1ccc(NC(=S)NC2CCN(c3cc(C)nc4ccc(F)cc34)CC2)cc1. The molecule has 4 rings (SSSR count). The van der Waals surface area contributed by atoms with Crippen LogP contribution in [-0.2, 0) is 0 Å². The van der Waals surface area contributed by atoms with Gasteiger partial charge in [-0.25, -0.2) is 4.39 Å². The molecule has 0 bridgehead atoms. The summed E-state index contributed by atoms with van der Waals surface area (Å²) in [6, 6.07) is 15.4. The van der Waals surface area contributed by atoms with E-state index >= 15 is 0 Å². The molecule has 2 aromatic carbocycles. The number of pyridine rings is 1. The van der Waals surface area contributed by atoms with Crippen molar-refractivity contribution in [2.24, 2.45) is 0 Å². The van der Waals surface area contributed by atoms with Gasteiger partial charge in [0.05, 0.1) is 5.52 Å². The molecule has 0 unspecified atom stereocenters. The largest absolute Gasteiger partial charge is 0.371 e. The van der Waals surface area contributed by atoms with Gasteiger partial charge in [0, 0.05) is 41.6 Å². The third kappa shape index (κ3) is 4.65. The van der Waals surface area contributed by atoms with Gasteiger partial charge in [-0.3, -0.25) is 4.98 Å². The summed E-state index contributed by atoms with van der Waals surface area (Å²) < 4.78 is 13.8. The van der Waals surface area contributed by atoms with Crippen molar-refractivity contribution in [3.05, 3.63) is 65.6 Å². The summed E-state index contributed by atoms with van der Waals surface area (Å²) in [6.45, 7) is 5.82. The summed E-state index contributed by atoms with van der Waals surface area (Å²) >= 11 is 5.48. The maximum absolute atomic E-state index is 13.8. The van der Waals surface area contributed by atoms with Gasteiger partial charge in [-0.05, 0) is 75.3 Å². The van der Waals surface area contributed by atoms with Crippen molar-refractivity contribution in [3.8, 4) is 0 Å². The molecule has 0 amide bonds. The van der Waals surface area contributed by atoms with Crippen LogP contribution in [0.25, 0.3) is 10.9 Å². The highest BCUT2D eigenvalue weighted by atomic mass is 32.1. The molecule has 6 heteroatoms. The third-order valence-corrected chi connectivity index (χ3v) is 5.58. The lowest BCUT2D eigenvalue weighted by atomic mass is 10.0. The molecule has 3 aromatic rings. The molecule has 2 heterocycles. The fraction of sp³-hybridized carbons (Fsp3) is 0.304. The first-order valence-electron chi connectivity index (χ1n) is 9.94. The summed E-state index contributed by atoms with van der Waals surface area (Å²) in [5, 5.41) is 8.21. The molecule has 1 saturated heterocycles. The zero-order valence-corrected chi connectivity index (χ0v) is 17.5. The zero-order chi connectivity index (χ0) is 20.4. The van der Waals surface area contributed by atoms with Crippen LogP contribution >= 0.6 is 12.2 Å². The third-order valence-electron chi connectivity index (χ3n) is 5.36. The number of hydrogen-bond donors (Lipinski definition) is 2. The van der Waals surface area contributed by atoms with Crippen molar-refractivity contribution in [3.63, 3.8) is 0 Å². The first-order valence-corrected chi connectivity index (χ1v) is 10.3. The van der Waals surface area contributed by atoms with E-state index in [1.54, 1.807) is 12.1 Å². The molecule has 0 atom stereocenters. The van der Waals surface area contributed by atoms with Crippen molar-refractivity contribution < 1.29 is 4.39 Å². The number of halogens is 1. The number of piperidine rings is 1. The smallest absolute Gasteiger partial charge is 0.170 e. The summed E-state index contributed by atoms with van der Waals surface area (Å²) in [5.74, 6) is -0.228. The Kier molecular flexibility index (Phi) is 5.62. The van der Waals surface area contributed by atoms with Crippen LogP contribution in [0.1, 0.15) is 24.1 Å².